The summed E-state index contributed by atoms with van der Waals surface area (Å²) in [6.45, 7) is 5.20. The first-order valence-corrected chi connectivity index (χ1v) is 11.7. The smallest absolute Gasteiger partial charge is 0.227 e. The van der Waals surface area contributed by atoms with Gasteiger partial charge in [-0.1, -0.05) is 36.4 Å². The van der Waals surface area contributed by atoms with Crippen LogP contribution in [0.25, 0.3) is 11.0 Å². The number of fused-ring (bicyclic) bond motifs is 1. The Balaban J connectivity index is 1.37. The zero-order chi connectivity index (χ0) is 23.7. The molecule has 0 unspecified atom stereocenters. The van der Waals surface area contributed by atoms with Crippen molar-refractivity contribution >= 4 is 22.6 Å². The molecule has 0 bridgehead atoms. The first-order valence-electron chi connectivity index (χ1n) is 11.7. The van der Waals surface area contributed by atoms with Crippen LogP contribution in [0.5, 0.6) is 5.75 Å². The van der Waals surface area contributed by atoms with Crippen molar-refractivity contribution in [3.8, 4) is 5.75 Å². The van der Waals surface area contributed by atoms with E-state index in [9.17, 15) is 9.90 Å². The highest BCUT2D eigenvalue weighted by atomic mass is 16.5. The molecule has 0 radical (unpaired) electrons. The van der Waals surface area contributed by atoms with Crippen LogP contribution in [0.2, 0.25) is 0 Å². The van der Waals surface area contributed by atoms with Crippen molar-refractivity contribution in [2.75, 3.05) is 18.1 Å². The van der Waals surface area contributed by atoms with Crippen LogP contribution in [0.4, 0.5) is 5.69 Å². The monoisotopic (exact) mass is 455 g/mol. The van der Waals surface area contributed by atoms with E-state index in [0.717, 1.165) is 33.9 Å². The number of amides is 1. The summed E-state index contributed by atoms with van der Waals surface area (Å²) in [5.74, 6) is 1.62. The predicted molar refractivity (Wildman–Crippen MR) is 133 cm³/mol. The lowest BCUT2D eigenvalue weighted by atomic mass is 10.1. The number of rotatable bonds is 7. The maximum absolute atomic E-state index is 12.8. The number of aliphatic hydroxyl groups excluding tert-OH is 1. The molecule has 5 rings (SSSR count). The lowest BCUT2D eigenvalue weighted by Crippen LogP contribution is -2.26. The molecule has 2 heterocycles. The summed E-state index contributed by atoms with van der Waals surface area (Å²) in [7, 11) is 0. The van der Waals surface area contributed by atoms with Gasteiger partial charge in [0, 0.05) is 24.6 Å². The second kappa shape index (κ2) is 9.31. The van der Waals surface area contributed by atoms with E-state index < -0.39 is 6.10 Å². The summed E-state index contributed by atoms with van der Waals surface area (Å²) in [6.07, 6.45) is -0.326. The number of aliphatic hydroxyl groups is 1. The number of hydrogen-bond donors (Lipinski definition) is 1. The Bertz CT molecular complexity index is 1320. The number of ether oxygens (including phenoxy) is 1. The molecule has 34 heavy (non-hydrogen) atoms. The van der Waals surface area contributed by atoms with Gasteiger partial charge in [0.15, 0.2) is 0 Å². The van der Waals surface area contributed by atoms with Crippen molar-refractivity contribution in [2.24, 2.45) is 0 Å². The number of hydrogen-bond acceptors (Lipinski definition) is 4. The minimum Gasteiger partial charge on any atom is -0.491 e. The first kappa shape index (κ1) is 22.2. The average Bonchev–Trinajstić information content (AvgIpc) is 3.41. The number of aromatic nitrogens is 2. The van der Waals surface area contributed by atoms with Crippen molar-refractivity contribution in [2.45, 2.75) is 38.8 Å². The molecule has 1 amide bonds. The number of anilines is 1. The molecule has 1 aromatic heterocycles. The molecule has 1 saturated heterocycles. The van der Waals surface area contributed by atoms with E-state index in [4.69, 9.17) is 9.72 Å². The average molecular weight is 456 g/mol. The predicted octanol–water partition coefficient (Wildman–Crippen LogP) is 4.61. The van der Waals surface area contributed by atoms with E-state index in [1.165, 1.54) is 5.56 Å². The molecule has 0 aliphatic carbocycles. The van der Waals surface area contributed by atoms with Gasteiger partial charge in [-0.2, -0.15) is 0 Å². The van der Waals surface area contributed by atoms with Crippen LogP contribution in [0.3, 0.4) is 0 Å². The van der Waals surface area contributed by atoms with Crippen molar-refractivity contribution in [3.05, 3.63) is 89.7 Å². The number of para-hydroxylation sites is 3. The summed E-state index contributed by atoms with van der Waals surface area (Å²) in [5, 5.41) is 10.9. The van der Waals surface area contributed by atoms with Gasteiger partial charge >= 0.3 is 0 Å². The van der Waals surface area contributed by atoms with E-state index in [1.807, 2.05) is 84.6 Å². The standard InChI is InChI=1S/C28H29N3O3/c1-19-12-13-24(14-20(19)2)34-18-23(32)17-31-26-11-7-6-10-25(26)29-28(31)21-15-27(33)30(16-21)22-8-4-3-5-9-22/h3-14,21,23,32H,15-18H2,1-2H3/t21-,23-/m1/s1. The molecule has 4 aromatic rings. The van der Waals surface area contributed by atoms with E-state index in [2.05, 4.69) is 11.5 Å². The first-order chi connectivity index (χ1) is 16.5. The van der Waals surface area contributed by atoms with Crippen LogP contribution >= 0.6 is 0 Å². The molecule has 0 saturated carbocycles. The van der Waals surface area contributed by atoms with Gasteiger partial charge in [-0.3, -0.25) is 4.79 Å². The van der Waals surface area contributed by atoms with E-state index in [1.54, 1.807) is 0 Å². The van der Waals surface area contributed by atoms with Crippen molar-refractivity contribution in [3.63, 3.8) is 0 Å². The largest absolute Gasteiger partial charge is 0.491 e. The van der Waals surface area contributed by atoms with Gasteiger partial charge in [-0.25, -0.2) is 4.98 Å². The van der Waals surface area contributed by atoms with Crippen LogP contribution in [0, 0.1) is 13.8 Å². The fraction of sp³-hybridized carbons (Fsp3) is 0.286. The van der Waals surface area contributed by atoms with Gasteiger partial charge in [0.1, 0.15) is 24.3 Å². The van der Waals surface area contributed by atoms with E-state index in [0.29, 0.717) is 19.5 Å². The second-order valence-electron chi connectivity index (χ2n) is 9.02. The molecule has 0 spiro atoms. The number of carbonyl (C=O) groups is 1. The molecule has 6 nitrogen and oxygen atoms in total. The number of imidazole rings is 1. The highest BCUT2D eigenvalue weighted by molar-refractivity contribution is 5.96. The van der Waals surface area contributed by atoms with E-state index in [-0.39, 0.29) is 18.4 Å². The molecule has 2 atom stereocenters. The second-order valence-corrected chi connectivity index (χ2v) is 9.02. The van der Waals surface area contributed by atoms with Gasteiger partial charge in [-0.15, -0.1) is 0 Å². The number of carbonyl (C=O) groups excluding carboxylic acids is 1. The minimum atomic E-state index is -0.722. The van der Waals surface area contributed by atoms with Gasteiger partial charge in [-0.05, 0) is 61.4 Å². The van der Waals surface area contributed by atoms with Crippen LogP contribution in [-0.4, -0.2) is 39.8 Å². The summed E-state index contributed by atoms with van der Waals surface area (Å²) in [5.41, 5.74) is 5.08. The molecule has 1 N–H and O–H groups in total. The third kappa shape index (κ3) is 4.41. The molecular weight excluding hydrogens is 426 g/mol. The van der Waals surface area contributed by atoms with Crippen molar-refractivity contribution in [1.29, 1.82) is 0 Å². The summed E-state index contributed by atoms with van der Waals surface area (Å²) in [4.78, 5) is 19.5. The molecule has 1 aliphatic heterocycles. The van der Waals surface area contributed by atoms with E-state index >= 15 is 0 Å². The highest BCUT2D eigenvalue weighted by Crippen LogP contribution is 2.33. The number of nitrogens with zero attached hydrogens (tertiary/aromatic N) is 3. The molecule has 1 aliphatic rings. The van der Waals surface area contributed by atoms with Gasteiger partial charge in [0.2, 0.25) is 5.91 Å². The quantitative estimate of drug-likeness (QED) is 0.442. The summed E-state index contributed by atoms with van der Waals surface area (Å²) in [6, 6.07) is 23.6. The lowest BCUT2D eigenvalue weighted by molar-refractivity contribution is -0.117. The zero-order valence-corrected chi connectivity index (χ0v) is 19.5. The fourth-order valence-electron chi connectivity index (χ4n) is 4.60. The highest BCUT2D eigenvalue weighted by Gasteiger charge is 2.35. The van der Waals surface area contributed by atoms with Crippen molar-refractivity contribution < 1.29 is 14.6 Å². The zero-order valence-electron chi connectivity index (χ0n) is 19.5. The molecule has 174 valence electrons. The Morgan fingerprint density at radius 2 is 1.79 bits per heavy atom. The van der Waals surface area contributed by atoms with Crippen LogP contribution < -0.4 is 9.64 Å². The Morgan fingerprint density at radius 1 is 1.03 bits per heavy atom. The number of benzene rings is 3. The van der Waals surface area contributed by atoms with Crippen LogP contribution in [0.1, 0.15) is 29.3 Å². The maximum atomic E-state index is 12.8. The third-order valence-corrected chi connectivity index (χ3v) is 6.56. The molecular formula is C28H29N3O3. The summed E-state index contributed by atoms with van der Waals surface area (Å²) >= 11 is 0. The molecule has 6 heteroatoms. The third-order valence-electron chi connectivity index (χ3n) is 6.56. The molecule has 1 fully saturated rings. The minimum absolute atomic E-state index is 0.0482. The van der Waals surface area contributed by atoms with Gasteiger partial charge in [0.05, 0.1) is 17.6 Å². The molecule has 3 aromatic carbocycles. The Morgan fingerprint density at radius 3 is 2.59 bits per heavy atom. The maximum Gasteiger partial charge on any atom is 0.227 e. The van der Waals surface area contributed by atoms with Gasteiger partial charge < -0.3 is 19.3 Å². The summed E-state index contributed by atoms with van der Waals surface area (Å²) < 4.78 is 7.93. The SMILES string of the molecule is Cc1ccc(OC[C@H](O)Cn2c([C@@H]3CC(=O)N(c4ccccc4)C3)nc3ccccc32)cc1C. The fourth-order valence-corrected chi connectivity index (χ4v) is 4.60. The Kier molecular flexibility index (Phi) is 6.07. The topological polar surface area (TPSA) is 67.6 Å². The van der Waals surface area contributed by atoms with Crippen molar-refractivity contribution in [1.82, 2.24) is 9.55 Å². The van der Waals surface area contributed by atoms with Crippen LogP contribution in [-0.2, 0) is 11.3 Å². The Labute approximate surface area is 199 Å². The normalized spacial score (nSPS) is 16.9. The van der Waals surface area contributed by atoms with Gasteiger partial charge in [0.25, 0.3) is 0 Å². The lowest BCUT2D eigenvalue weighted by Gasteiger charge is -2.19. The van der Waals surface area contributed by atoms with Crippen LogP contribution in [0.15, 0.2) is 72.8 Å². The Hall–Kier alpha value is -3.64. The number of aryl methyl sites for hydroxylation is 2.